The predicted octanol–water partition coefficient (Wildman–Crippen LogP) is 18.6. The average Bonchev–Trinajstić information content (AvgIpc) is 3.92. The largest absolute Gasteiger partial charge is 0.456 e. The quantitative estimate of drug-likeness (QED) is 0.151. The van der Waals surface area contributed by atoms with Crippen LogP contribution in [0.4, 0.5) is 17.1 Å². The SMILES string of the molecule is CC1(c2ccccc2)c2ccccc2-c2c(-c3ccccc3N(c3ccccc3-c3ccc4oc5ccccc5c4c3)c3ccccc3-c3cccc4cccc(C5CCCCC5)c34)cccc21. The van der Waals surface area contributed by atoms with Gasteiger partial charge in [0, 0.05) is 32.9 Å². The van der Waals surface area contributed by atoms with Crippen molar-refractivity contribution in [3.05, 3.63) is 247 Å². The zero-order valence-corrected chi connectivity index (χ0v) is 38.3. The molecule has 2 aliphatic carbocycles. The molecule has 0 amide bonds. The van der Waals surface area contributed by atoms with Crippen LogP contribution in [0.15, 0.2) is 229 Å². The van der Waals surface area contributed by atoms with Gasteiger partial charge in [0.1, 0.15) is 11.2 Å². The smallest absolute Gasteiger partial charge is 0.135 e. The van der Waals surface area contributed by atoms with Gasteiger partial charge in [-0.15, -0.1) is 0 Å². The number of nitrogens with zero attached hydrogens (tertiary/aromatic N) is 1. The van der Waals surface area contributed by atoms with Crippen LogP contribution in [-0.4, -0.2) is 0 Å². The topological polar surface area (TPSA) is 16.4 Å². The van der Waals surface area contributed by atoms with E-state index in [9.17, 15) is 0 Å². The van der Waals surface area contributed by atoms with Gasteiger partial charge in [0.05, 0.1) is 17.1 Å². The van der Waals surface area contributed by atoms with Crippen molar-refractivity contribution in [2.24, 2.45) is 0 Å². The fourth-order valence-electron chi connectivity index (χ4n) is 12.2. The summed E-state index contributed by atoms with van der Waals surface area (Å²) < 4.78 is 6.37. The lowest BCUT2D eigenvalue weighted by atomic mass is 9.74. The van der Waals surface area contributed by atoms with E-state index in [-0.39, 0.29) is 5.41 Å². The Morgan fingerprint density at radius 3 is 1.76 bits per heavy atom. The molecule has 1 heterocycles. The molecule has 10 aromatic carbocycles. The molecule has 326 valence electrons. The van der Waals surface area contributed by atoms with Crippen LogP contribution in [0.1, 0.15) is 67.2 Å². The number of fused-ring (bicyclic) bond motifs is 7. The first-order chi connectivity index (χ1) is 33.6. The Labute approximate surface area is 398 Å². The molecule has 0 N–H and O–H groups in total. The molecule has 2 nitrogen and oxygen atoms in total. The third-order valence-corrected chi connectivity index (χ3v) is 15.4. The molecule has 2 heteroatoms. The van der Waals surface area contributed by atoms with Crippen molar-refractivity contribution in [1.29, 1.82) is 0 Å². The summed E-state index contributed by atoms with van der Waals surface area (Å²) in [7, 11) is 0. The Hall–Kier alpha value is -7.94. The van der Waals surface area contributed by atoms with Gasteiger partial charge in [-0.3, -0.25) is 0 Å². The summed E-state index contributed by atoms with van der Waals surface area (Å²) in [6, 6.07) is 83.3. The fraction of sp³-hybridized carbons (Fsp3) is 0.121. The van der Waals surface area contributed by atoms with Crippen molar-refractivity contribution in [3.63, 3.8) is 0 Å². The van der Waals surface area contributed by atoms with Crippen LogP contribution in [0.5, 0.6) is 0 Å². The van der Waals surface area contributed by atoms with Gasteiger partial charge in [0.15, 0.2) is 0 Å². The van der Waals surface area contributed by atoms with Gasteiger partial charge in [-0.1, -0.05) is 207 Å². The summed E-state index contributed by atoms with van der Waals surface area (Å²) in [4.78, 5) is 2.57. The van der Waals surface area contributed by atoms with Gasteiger partial charge in [-0.2, -0.15) is 0 Å². The van der Waals surface area contributed by atoms with Crippen LogP contribution in [-0.2, 0) is 5.41 Å². The third kappa shape index (κ3) is 6.39. The number of hydrogen-bond acceptors (Lipinski definition) is 2. The highest BCUT2D eigenvalue weighted by molar-refractivity contribution is 6.09. The summed E-state index contributed by atoms with van der Waals surface area (Å²) >= 11 is 0. The molecular weight excluding hydrogens is 823 g/mol. The van der Waals surface area contributed by atoms with Gasteiger partial charge < -0.3 is 9.32 Å². The standard InChI is InChI=1S/C66H51NO/c1-66(47-25-6-3-7-26-47)57-35-13-8-31-55(57)65-54(34-20-36-58(65)66)51-29-11-16-39-61(51)67(59-37-14-9-27-48(59)46-41-42-63-56(43-46)52-30-12-17-40-62(52)68-63)60-38-15-10-28-50(60)53-33-19-24-45-23-18-32-49(64(45)53)44-21-4-2-5-22-44/h3,6-20,23-44H,2,4-5,21-22H2,1H3. The molecule has 11 aromatic rings. The molecular formula is C66H51NO. The molecule has 1 atom stereocenters. The maximum absolute atomic E-state index is 6.37. The predicted molar refractivity (Wildman–Crippen MR) is 285 cm³/mol. The van der Waals surface area contributed by atoms with Gasteiger partial charge in [0.2, 0.25) is 0 Å². The maximum Gasteiger partial charge on any atom is 0.135 e. The molecule has 68 heavy (non-hydrogen) atoms. The number of benzene rings is 10. The molecule has 0 bridgehead atoms. The zero-order valence-electron chi connectivity index (χ0n) is 38.3. The van der Waals surface area contributed by atoms with Crippen molar-refractivity contribution >= 4 is 49.8 Å². The lowest BCUT2D eigenvalue weighted by Gasteiger charge is -2.32. The Kier molecular flexibility index (Phi) is 9.75. The molecule has 1 aromatic heterocycles. The first kappa shape index (κ1) is 40.3. The van der Waals surface area contributed by atoms with E-state index in [1.807, 2.05) is 6.07 Å². The molecule has 0 spiro atoms. The maximum atomic E-state index is 6.37. The van der Waals surface area contributed by atoms with E-state index in [0.717, 1.165) is 50.1 Å². The second-order valence-corrected chi connectivity index (χ2v) is 19.0. The molecule has 1 saturated carbocycles. The van der Waals surface area contributed by atoms with Crippen LogP contribution in [0, 0.1) is 0 Å². The Morgan fingerprint density at radius 2 is 0.985 bits per heavy atom. The lowest BCUT2D eigenvalue weighted by molar-refractivity contribution is 0.445. The summed E-state index contributed by atoms with van der Waals surface area (Å²) in [6.45, 7) is 2.41. The highest BCUT2D eigenvalue weighted by Crippen LogP contribution is 2.57. The van der Waals surface area contributed by atoms with Crippen LogP contribution < -0.4 is 4.90 Å². The Morgan fingerprint density at radius 1 is 0.426 bits per heavy atom. The molecule has 1 fully saturated rings. The summed E-state index contributed by atoms with van der Waals surface area (Å²) in [6.07, 6.45) is 6.40. The first-order valence-electron chi connectivity index (χ1n) is 24.5. The van der Waals surface area contributed by atoms with Crippen LogP contribution >= 0.6 is 0 Å². The lowest BCUT2D eigenvalue weighted by Crippen LogP contribution is -2.22. The van der Waals surface area contributed by atoms with Gasteiger partial charge in [-0.05, 0) is 123 Å². The van der Waals surface area contributed by atoms with E-state index in [1.165, 1.54) is 98.5 Å². The summed E-state index contributed by atoms with van der Waals surface area (Å²) in [5, 5.41) is 4.92. The fourth-order valence-corrected chi connectivity index (χ4v) is 12.2. The van der Waals surface area contributed by atoms with E-state index in [2.05, 4.69) is 230 Å². The second kappa shape index (κ2) is 16.4. The van der Waals surface area contributed by atoms with Crippen molar-refractivity contribution in [1.82, 2.24) is 0 Å². The average molecular weight is 874 g/mol. The number of rotatable bonds is 8. The molecule has 0 radical (unpaired) electrons. The summed E-state index contributed by atoms with van der Waals surface area (Å²) in [5.74, 6) is 0.553. The number of anilines is 3. The highest BCUT2D eigenvalue weighted by atomic mass is 16.3. The van der Waals surface area contributed by atoms with Crippen molar-refractivity contribution in [2.75, 3.05) is 4.90 Å². The molecule has 1 unspecified atom stereocenters. The van der Waals surface area contributed by atoms with Gasteiger partial charge in [0.25, 0.3) is 0 Å². The van der Waals surface area contributed by atoms with E-state index >= 15 is 0 Å². The van der Waals surface area contributed by atoms with Crippen LogP contribution in [0.3, 0.4) is 0 Å². The second-order valence-electron chi connectivity index (χ2n) is 19.0. The van der Waals surface area contributed by atoms with Crippen LogP contribution in [0.25, 0.3) is 77.2 Å². The van der Waals surface area contributed by atoms with Gasteiger partial charge in [-0.25, -0.2) is 0 Å². The molecule has 0 saturated heterocycles. The molecule has 0 aliphatic heterocycles. The summed E-state index contributed by atoms with van der Waals surface area (Å²) in [5.41, 5.74) is 20.0. The van der Waals surface area contributed by atoms with Crippen molar-refractivity contribution in [2.45, 2.75) is 50.4 Å². The minimum Gasteiger partial charge on any atom is -0.456 e. The van der Waals surface area contributed by atoms with E-state index in [1.54, 1.807) is 0 Å². The van der Waals surface area contributed by atoms with E-state index in [4.69, 9.17) is 4.42 Å². The third-order valence-electron chi connectivity index (χ3n) is 15.4. The Bertz CT molecular complexity index is 3700. The number of para-hydroxylation sites is 4. The van der Waals surface area contributed by atoms with E-state index in [0.29, 0.717) is 5.92 Å². The van der Waals surface area contributed by atoms with Crippen LogP contribution in [0.2, 0.25) is 0 Å². The monoisotopic (exact) mass is 873 g/mol. The van der Waals surface area contributed by atoms with Crippen molar-refractivity contribution < 1.29 is 4.42 Å². The van der Waals surface area contributed by atoms with E-state index < -0.39 is 0 Å². The van der Waals surface area contributed by atoms with Crippen molar-refractivity contribution in [3.8, 4) is 44.5 Å². The number of hydrogen-bond donors (Lipinski definition) is 0. The molecule has 13 rings (SSSR count). The number of furan rings is 1. The normalized spacial score (nSPS) is 15.7. The minimum absolute atomic E-state index is 0.322. The zero-order chi connectivity index (χ0) is 45.2. The van der Waals surface area contributed by atoms with Gasteiger partial charge >= 0.3 is 0 Å². The minimum atomic E-state index is -0.322. The Balaban J connectivity index is 1.08. The first-order valence-corrected chi connectivity index (χ1v) is 24.5. The highest BCUT2D eigenvalue weighted by Gasteiger charge is 2.42. The molecule has 2 aliphatic rings.